The molecular weight excluding hydrogens is 334 g/mol. The minimum atomic E-state index is -0.589. The van der Waals surface area contributed by atoms with Gasteiger partial charge in [0.05, 0.1) is 0 Å². The van der Waals surface area contributed by atoms with Crippen molar-refractivity contribution in [1.82, 2.24) is 4.57 Å². The predicted molar refractivity (Wildman–Crippen MR) is 93.3 cm³/mol. The minimum absolute atomic E-state index is 0. The molecule has 2 aromatic carbocycles. The molecule has 3 nitrogen and oxygen atoms in total. The fourth-order valence-electron chi connectivity index (χ4n) is 2.89. The van der Waals surface area contributed by atoms with Gasteiger partial charge in [0.2, 0.25) is 0 Å². The summed E-state index contributed by atoms with van der Waals surface area (Å²) in [5.41, 5.74) is 8.55. The van der Waals surface area contributed by atoms with Crippen molar-refractivity contribution < 1.29 is 13.9 Å². The molecule has 6 heteroatoms. The summed E-state index contributed by atoms with van der Waals surface area (Å²) in [6.45, 7) is 0.358. The molecule has 3 rings (SSSR count). The van der Waals surface area contributed by atoms with Gasteiger partial charge in [0.25, 0.3) is 0 Å². The number of aromatic nitrogens is 1. The molecule has 0 aliphatic rings. The van der Waals surface area contributed by atoms with Crippen LogP contribution in [0.25, 0.3) is 10.9 Å². The maximum atomic E-state index is 13.4. The van der Waals surface area contributed by atoms with E-state index in [1.165, 1.54) is 12.1 Å². The van der Waals surface area contributed by atoms with Crippen molar-refractivity contribution in [3.05, 3.63) is 71.4 Å². The smallest absolute Gasteiger partial charge is 0.126 e. The van der Waals surface area contributed by atoms with Gasteiger partial charge in [-0.1, -0.05) is 18.2 Å². The van der Waals surface area contributed by atoms with Crippen LogP contribution in [-0.4, -0.2) is 16.3 Å². The Labute approximate surface area is 145 Å². The molecule has 24 heavy (non-hydrogen) atoms. The third-order valence-corrected chi connectivity index (χ3v) is 3.93. The summed E-state index contributed by atoms with van der Waals surface area (Å²) in [4.78, 5) is 0. The molecule has 1 unspecified atom stereocenters. The molecule has 1 atom stereocenters. The fraction of sp³-hybridized carbons (Fsp3) is 0.222. The van der Waals surface area contributed by atoms with Gasteiger partial charge in [0.1, 0.15) is 11.6 Å². The fourth-order valence-corrected chi connectivity index (χ4v) is 2.89. The SMILES string of the molecule is Cl.NC(CCO)c1cn(Cc2cc(F)cc(F)c2)c2ccccc12. The van der Waals surface area contributed by atoms with E-state index in [-0.39, 0.29) is 25.1 Å². The average molecular weight is 353 g/mol. The van der Waals surface area contributed by atoms with Gasteiger partial charge in [-0.3, -0.25) is 0 Å². The largest absolute Gasteiger partial charge is 0.396 e. The normalized spacial score (nSPS) is 12.2. The molecule has 0 bridgehead atoms. The summed E-state index contributed by atoms with van der Waals surface area (Å²) in [7, 11) is 0. The third-order valence-electron chi connectivity index (χ3n) is 3.93. The number of benzene rings is 2. The lowest BCUT2D eigenvalue weighted by Crippen LogP contribution is -2.11. The standard InChI is InChI=1S/C18H18F2N2O.ClH/c19-13-7-12(8-14(20)9-13)10-22-11-16(17(21)5-6-23)15-3-1-2-4-18(15)22;/h1-4,7-9,11,17,23H,5-6,10,21H2;1H. The highest BCUT2D eigenvalue weighted by molar-refractivity contribution is 5.85. The second-order valence-corrected chi connectivity index (χ2v) is 5.63. The summed E-state index contributed by atoms with van der Waals surface area (Å²) in [5.74, 6) is -1.18. The van der Waals surface area contributed by atoms with Crippen LogP contribution in [-0.2, 0) is 6.54 Å². The highest BCUT2D eigenvalue weighted by Crippen LogP contribution is 2.27. The zero-order valence-electron chi connectivity index (χ0n) is 13.0. The van der Waals surface area contributed by atoms with Gasteiger partial charge in [0.15, 0.2) is 0 Å². The molecule has 0 saturated carbocycles. The third kappa shape index (κ3) is 3.75. The summed E-state index contributed by atoms with van der Waals surface area (Å²) in [6, 6.07) is 11.0. The number of rotatable bonds is 5. The average Bonchev–Trinajstić information content (AvgIpc) is 2.86. The van der Waals surface area contributed by atoms with Crippen molar-refractivity contribution in [2.75, 3.05) is 6.61 Å². The first-order valence-electron chi connectivity index (χ1n) is 7.47. The van der Waals surface area contributed by atoms with Crippen molar-refractivity contribution in [1.29, 1.82) is 0 Å². The topological polar surface area (TPSA) is 51.2 Å². The lowest BCUT2D eigenvalue weighted by atomic mass is 10.0. The van der Waals surface area contributed by atoms with E-state index >= 15 is 0 Å². The lowest BCUT2D eigenvalue weighted by Gasteiger charge is -2.08. The molecule has 0 fully saturated rings. The Kier molecular flexibility index (Phi) is 5.94. The van der Waals surface area contributed by atoms with E-state index in [4.69, 9.17) is 10.8 Å². The van der Waals surface area contributed by atoms with Crippen LogP contribution in [0.4, 0.5) is 8.78 Å². The summed E-state index contributed by atoms with van der Waals surface area (Å²) in [5, 5.41) is 10.1. The van der Waals surface area contributed by atoms with Crippen LogP contribution in [0.15, 0.2) is 48.7 Å². The van der Waals surface area contributed by atoms with Crippen LogP contribution in [0.2, 0.25) is 0 Å². The maximum Gasteiger partial charge on any atom is 0.126 e. The van der Waals surface area contributed by atoms with Gasteiger partial charge >= 0.3 is 0 Å². The van der Waals surface area contributed by atoms with Crippen LogP contribution >= 0.6 is 12.4 Å². The Balaban J connectivity index is 0.00000208. The van der Waals surface area contributed by atoms with E-state index in [0.717, 1.165) is 22.5 Å². The number of hydrogen-bond donors (Lipinski definition) is 2. The van der Waals surface area contributed by atoms with Gasteiger partial charge in [-0.2, -0.15) is 0 Å². The van der Waals surface area contributed by atoms with E-state index in [9.17, 15) is 8.78 Å². The number of aliphatic hydroxyl groups excluding tert-OH is 1. The maximum absolute atomic E-state index is 13.4. The molecule has 128 valence electrons. The van der Waals surface area contributed by atoms with Crippen LogP contribution < -0.4 is 5.73 Å². The molecule has 0 amide bonds. The summed E-state index contributed by atoms with van der Waals surface area (Å²) in [6.07, 6.45) is 2.36. The molecule has 0 radical (unpaired) electrons. The van der Waals surface area contributed by atoms with Crippen LogP contribution in [0, 0.1) is 11.6 Å². The molecule has 0 spiro atoms. The summed E-state index contributed by atoms with van der Waals surface area (Å²) < 4.78 is 28.7. The van der Waals surface area contributed by atoms with Crippen molar-refractivity contribution >= 4 is 23.3 Å². The number of hydrogen-bond acceptors (Lipinski definition) is 2. The number of nitrogens with zero attached hydrogens (tertiary/aromatic N) is 1. The molecule has 1 heterocycles. The van der Waals surface area contributed by atoms with E-state index in [1.54, 1.807) is 0 Å². The minimum Gasteiger partial charge on any atom is -0.396 e. The lowest BCUT2D eigenvalue weighted by molar-refractivity contribution is 0.277. The Hall–Kier alpha value is -1.95. The highest BCUT2D eigenvalue weighted by Gasteiger charge is 2.14. The van der Waals surface area contributed by atoms with E-state index in [1.807, 2.05) is 35.0 Å². The highest BCUT2D eigenvalue weighted by atomic mass is 35.5. The molecule has 0 saturated heterocycles. The first kappa shape index (κ1) is 18.4. The number of fused-ring (bicyclic) bond motifs is 1. The molecule has 1 aromatic heterocycles. The van der Waals surface area contributed by atoms with Crippen LogP contribution in [0.5, 0.6) is 0 Å². The number of aliphatic hydroxyl groups is 1. The van der Waals surface area contributed by atoms with Crippen LogP contribution in [0.1, 0.15) is 23.6 Å². The van der Waals surface area contributed by atoms with Gasteiger partial charge in [-0.15, -0.1) is 12.4 Å². The second-order valence-electron chi connectivity index (χ2n) is 5.63. The summed E-state index contributed by atoms with van der Waals surface area (Å²) >= 11 is 0. The number of nitrogens with two attached hydrogens (primary N) is 1. The Morgan fingerprint density at radius 2 is 1.75 bits per heavy atom. The van der Waals surface area contributed by atoms with Crippen molar-refractivity contribution in [2.24, 2.45) is 5.73 Å². The number of para-hydroxylation sites is 1. The van der Waals surface area contributed by atoms with Gasteiger partial charge in [0, 0.05) is 42.4 Å². The predicted octanol–water partition coefficient (Wildman–Crippen LogP) is 3.77. The Morgan fingerprint density at radius 3 is 2.42 bits per heavy atom. The first-order valence-corrected chi connectivity index (χ1v) is 7.47. The quantitative estimate of drug-likeness (QED) is 0.734. The van der Waals surface area contributed by atoms with E-state index < -0.39 is 11.6 Å². The molecular formula is C18H19ClF2N2O. The first-order chi connectivity index (χ1) is 11.1. The molecule has 0 aliphatic heterocycles. The monoisotopic (exact) mass is 352 g/mol. The van der Waals surface area contributed by atoms with Crippen molar-refractivity contribution in [3.63, 3.8) is 0 Å². The Morgan fingerprint density at radius 1 is 1.08 bits per heavy atom. The molecule has 0 aliphatic carbocycles. The van der Waals surface area contributed by atoms with Crippen molar-refractivity contribution in [3.8, 4) is 0 Å². The van der Waals surface area contributed by atoms with Crippen molar-refractivity contribution in [2.45, 2.75) is 19.0 Å². The number of halogens is 3. The zero-order valence-corrected chi connectivity index (χ0v) is 13.8. The van der Waals surface area contributed by atoms with Crippen LogP contribution in [0.3, 0.4) is 0 Å². The second kappa shape index (κ2) is 7.75. The molecule has 3 aromatic rings. The van der Waals surface area contributed by atoms with Gasteiger partial charge in [-0.05, 0) is 35.7 Å². The van der Waals surface area contributed by atoms with Gasteiger partial charge < -0.3 is 15.4 Å². The molecule has 3 N–H and O–H groups in total. The van der Waals surface area contributed by atoms with E-state index in [0.29, 0.717) is 18.5 Å². The zero-order chi connectivity index (χ0) is 16.4. The van der Waals surface area contributed by atoms with Gasteiger partial charge in [-0.25, -0.2) is 8.78 Å². The Bertz CT molecular complexity index is 815. The van der Waals surface area contributed by atoms with E-state index in [2.05, 4.69) is 0 Å².